The summed E-state index contributed by atoms with van der Waals surface area (Å²) in [5, 5.41) is 2.77. The van der Waals surface area contributed by atoms with Crippen molar-refractivity contribution in [3.8, 4) is 5.75 Å². The number of benzene rings is 1. The maximum Gasteiger partial charge on any atom is 0.416 e. The Hall–Kier alpha value is -1.92. The van der Waals surface area contributed by atoms with Crippen LogP contribution in [-0.4, -0.2) is 23.8 Å². The van der Waals surface area contributed by atoms with Crippen LogP contribution >= 0.6 is 0 Å². The van der Waals surface area contributed by atoms with Crippen molar-refractivity contribution in [1.82, 2.24) is 5.32 Å². The molecule has 0 bridgehead atoms. The molecule has 24 heavy (non-hydrogen) atoms. The fourth-order valence-electron chi connectivity index (χ4n) is 2.59. The van der Waals surface area contributed by atoms with Crippen LogP contribution in [0, 0.1) is 0 Å². The molecule has 1 N–H and O–H groups in total. The van der Waals surface area contributed by atoms with Crippen molar-refractivity contribution in [3.05, 3.63) is 29.8 Å². The largest absolute Gasteiger partial charge is 0.490 e. The van der Waals surface area contributed by atoms with E-state index in [4.69, 9.17) is 9.47 Å². The lowest BCUT2D eigenvalue weighted by Gasteiger charge is -2.21. The average molecular weight is 345 g/mol. The van der Waals surface area contributed by atoms with Crippen molar-refractivity contribution in [2.75, 3.05) is 0 Å². The lowest BCUT2D eigenvalue weighted by molar-refractivity contribution is -0.137. The molecule has 0 aliphatic heterocycles. The molecule has 1 amide bonds. The molecule has 0 saturated heterocycles. The van der Waals surface area contributed by atoms with Gasteiger partial charge in [-0.1, -0.05) is 6.07 Å². The topological polar surface area (TPSA) is 47.6 Å². The van der Waals surface area contributed by atoms with E-state index in [-0.39, 0.29) is 17.9 Å². The van der Waals surface area contributed by atoms with Gasteiger partial charge in [-0.15, -0.1) is 0 Å². The number of carbonyl (C=O) groups is 1. The Morgan fingerprint density at radius 1 is 1.21 bits per heavy atom. The molecule has 1 aromatic rings. The Morgan fingerprint density at radius 2 is 1.92 bits per heavy atom. The summed E-state index contributed by atoms with van der Waals surface area (Å²) < 4.78 is 48.9. The molecule has 2 atom stereocenters. The lowest BCUT2D eigenvalue weighted by Crippen LogP contribution is -2.38. The molecule has 7 heteroatoms. The van der Waals surface area contributed by atoms with E-state index in [0.717, 1.165) is 12.1 Å². The Kier molecular flexibility index (Phi) is 5.30. The number of alkyl carbamates (subject to hydrolysis) is 1. The van der Waals surface area contributed by atoms with Crippen LogP contribution in [0.4, 0.5) is 18.0 Å². The van der Waals surface area contributed by atoms with E-state index in [2.05, 4.69) is 5.32 Å². The SMILES string of the molecule is CC(C)(C)OC(=O)N[C@H]1CC[C@H](Oc2cccc(C(F)(F)F)c2)C1. The maximum atomic E-state index is 12.7. The summed E-state index contributed by atoms with van der Waals surface area (Å²) in [6.07, 6.45) is -3.22. The number of carbonyl (C=O) groups excluding carboxylic acids is 1. The van der Waals surface area contributed by atoms with Crippen LogP contribution in [0.3, 0.4) is 0 Å². The van der Waals surface area contributed by atoms with Crippen molar-refractivity contribution >= 4 is 6.09 Å². The van der Waals surface area contributed by atoms with Crippen molar-refractivity contribution in [2.24, 2.45) is 0 Å². The first-order valence-electron chi connectivity index (χ1n) is 7.86. The Morgan fingerprint density at radius 3 is 2.54 bits per heavy atom. The fourth-order valence-corrected chi connectivity index (χ4v) is 2.59. The standard InChI is InChI=1S/C17H22F3NO3/c1-16(2,3)24-15(22)21-12-7-8-14(10-12)23-13-6-4-5-11(9-13)17(18,19)20/h4-6,9,12,14H,7-8,10H2,1-3H3,(H,21,22)/t12-,14-/m0/s1. The first-order valence-corrected chi connectivity index (χ1v) is 7.86. The zero-order valence-electron chi connectivity index (χ0n) is 13.9. The number of ether oxygens (including phenoxy) is 2. The molecule has 1 aliphatic rings. The van der Waals surface area contributed by atoms with Crippen molar-refractivity contribution < 1.29 is 27.4 Å². The van der Waals surface area contributed by atoms with Gasteiger partial charge < -0.3 is 14.8 Å². The second-order valence-electron chi connectivity index (χ2n) is 6.92. The highest BCUT2D eigenvalue weighted by Gasteiger charge is 2.32. The number of hydrogen-bond acceptors (Lipinski definition) is 3. The third-order valence-electron chi connectivity index (χ3n) is 3.57. The minimum absolute atomic E-state index is 0.101. The molecule has 0 heterocycles. The van der Waals surface area contributed by atoms with Crippen molar-refractivity contribution in [3.63, 3.8) is 0 Å². The van der Waals surface area contributed by atoms with Gasteiger partial charge in [0.2, 0.25) is 0 Å². The Balaban J connectivity index is 1.87. The van der Waals surface area contributed by atoms with Gasteiger partial charge in [-0.2, -0.15) is 13.2 Å². The van der Waals surface area contributed by atoms with Gasteiger partial charge >= 0.3 is 12.3 Å². The molecule has 0 unspecified atom stereocenters. The second kappa shape index (κ2) is 6.91. The predicted octanol–water partition coefficient (Wildman–Crippen LogP) is 4.53. The van der Waals surface area contributed by atoms with E-state index < -0.39 is 23.4 Å². The van der Waals surface area contributed by atoms with Crippen molar-refractivity contribution in [1.29, 1.82) is 0 Å². The summed E-state index contributed by atoms with van der Waals surface area (Å²) >= 11 is 0. The lowest BCUT2D eigenvalue weighted by atomic mass is 10.2. The van der Waals surface area contributed by atoms with E-state index >= 15 is 0 Å². The smallest absolute Gasteiger partial charge is 0.416 e. The molecule has 1 aliphatic carbocycles. The second-order valence-corrected chi connectivity index (χ2v) is 6.92. The van der Waals surface area contributed by atoms with E-state index in [9.17, 15) is 18.0 Å². The first kappa shape index (κ1) is 18.4. The van der Waals surface area contributed by atoms with E-state index in [0.29, 0.717) is 19.3 Å². The molecule has 0 radical (unpaired) electrons. The first-order chi connectivity index (χ1) is 11.0. The molecule has 0 aromatic heterocycles. The minimum Gasteiger partial charge on any atom is -0.490 e. The van der Waals surface area contributed by atoms with Crippen LogP contribution in [-0.2, 0) is 10.9 Å². The number of hydrogen-bond donors (Lipinski definition) is 1. The van der Waals surface area contributed by atoms with Gasteiger partial charge in [0, 0.05) is 12.5 Å². The third-order valence-corrected chi connectivity index (χ3v) is 3.57. The van der Waals surface area contributed by atoms with Crippen LogP contribution in [0.5, 0.6) is 5.75 Å². The number of rotatable bonds is 3. The van der Waals surface area contributed by atoms with Gasteiger partial charge in [0.1, 0.15) is 17.5 Å². The van der Waals surface area contributed by atoms with Crippen LogP contribution < -0.4 is 10.1 Å². The number of nitrogens with one attached hydrogen (secondary N) is 1. The summed E-state index contributed by atoms with van der Waals surface area (Å²) in [7, 11) is 0. The average Bonchev–Trinajstić information content (AvgIpc) is 2.83. The third kappa shape index (κ3) is 5.62. The Bertz CT molecular complexity index is 581. The van der Waals surface area contributed by atoms with Gasteiger partial charge in [0.25, 0.3) is 0 Å². The monoisotopic (exact) mass is 345 g/mol. The summed E-state index contributed by atoms with van der Waals surface area (Å²) in [6, 6.07) is 4.73. The highest BCUT2D eigenvalue weighted by atomic mass is 19.4. The van der Waals surface area contributed by atoms with Gasteiger partial charge in [-0.25, -0.2) is 4.79 Å². The molecular weight excluding hydrogens is 323 g/mol. The van der Waals surface area contributed by atoms with Gasteiger partial charge in [-0.3, -0.25) is 0 Å². The highest BCUT2D eigenvalue weighted by Crippen LogP contribution is 2.32. The molecule has 0 spiro atoms. The Labute approximate surface area is 139 Å². The quantitative estimate of drug-likeness (QED) is 0.875. The molecule has 1 saturated carbocycles. The molecule has 1 fully saturated rings. The molecular formula is C17H22F3NO3. The van der Waals surface area contributed by atoms with E-state index in [1.54, 1.807) is 20.8 Å². The van der Waals surface area contributed by atoms with Gasteiger partial charge in [-0.05, 0) is 51.8 Å². The predicted molar refractivity (Wildman–Crippen MR) is 82.9 cm³/mol. The summed E-state index contributed by atoms with van der Waals surface area (Å²) in [5.41, 5.74) is -1.31. The van der Waals surface area contributed by atoms with E-state index in [1.165, 1.54) is 12.1 Å². The molecule has 4 nitrogen and oxygen atoms in total. The van der Waals surface area contributed by atoms with Crippen molar-refractivity contribution in [2.45, 2.75) is 64.0 Å². The van der Waals surface area contributed by atoms with Crippen LogP contribution in [0.1, 0.15) is 45.6 Å². The highest BCUT2D eigenvalue weighted by molar-refractivity contribution is 5.68. The number of alkyl halides is 3. The maximum absolute atomic E-state index is 12.7. The zero-order valence-corrected chi connectivity index (χ0v) is 13.9. The normalized spacial score (nSPS) is 21.4. The van der Waals surface area contributed by atoms with E-state index in [1.807, 2.05) is 0 Å². The molecule has 134 valence electrons. The molecule has 1 aromatic carbocycles. The summed E-state index contributed by atoms with van der Waals surface area (Å²) in [5.74, 6) is 0.188. The minimum atomic E-state index is -4.39. The summed E-state index contributed by atoms with van der Waals surface area (Å²) in [6.45, 7) is 5.34. The van der Waals surface area contributed by atoms with Crippen LogP contribution in [0.25, 0.3) is 0 Å². The molecule has 2 rings (SSSR count). The summed E-state index contributed by atoms with van der Waals surface area (Å²) in [4.78, 5) is 11.7. The van der Waals surface area contributed by atoms with Crippen LogP contribution in [0.15, 0.2) is 24.3 Å². The number of halogens is 3. The van der Waals surface area contributed by atoms with Gasteiger partial charge in [0.05, 0.1) is 5.56 Å². The fraction of sp³-hybridized carbons (Fsp3) is 0.588. The van der Waals surface area contributed by atoms with Gasteiger partial charge in [0.15, 0.2) is 0 Å². The number of amides is 1. The van der Waals surface area contributed by atoms with Crippen LogP contribution in [0.2, 0.25) is 0 Å². The zero-order chi connectivity index (χ0) is 18.0.